The van der Waals surface area contributed by atoms with Gasteiger partial charge in [0.25, 0.3) is 5.91 Å². The Labute approximate surface area is 183 Å². The number of nitriles is 1. The highest BCUT2D eigenvalue weighted by Crippen LogP contribution is 2.47. The predicted octanol–water partition coefficient (Wildman–Crippen LogP) is 3.54. The number of hydrogen-bond acceptors (Lipinski definition) is 5. The zero-order chi connectivity index (χ0) is 24.6. The minimum Gasteiger partial charge on any atom is -0.380 e. The Kier molecular flexibility index (Phi) is 6.37. The van der Waals surface area contributed by atoms with E-state index in [0.29, 0.717) is 0 Å². The molecule has 12 heteroatoms. The van der Waals surface area contributed by atoms with E-state index in [4.69, 9.17) is 10.00 Å². The lowest BCUT2D eigenvalue weighted by atomic mass is 9.80. The van der Waals surface area contributed by atoms with E-state index in [-0.39, 0.29) is 17.9 Å². The SMILES string of the molecule is Cn1cc(C(=O)C(=O)CC2(C(F)(F)F)CCOC2)c(F)c1C(=O)Nc1ccc(F)c(C#N)c1. The molecule has 1 atom stereocenters. The number of Topliss-reactive ketones (excluding diaryl/α,β-unsaturated/α-hetero) is 2. The predicted molar refractivity (Wildman–Crippen MR) is 102 cm³/mol. The first-order valence-electron chi connectivity index (χ1n) is 9.48. The first-order valence-corrected chi connectivity index (χ1v) is 9.48. The first kappa shape index (κ1) is 24.1. The number of ketones is 2. The highest BCUT2D eigenvalue weighted by molar-refractivity contribution is 6.44. The molecule has 0 bridgehead atoms. The molecule has 1 aromatic carbocycles. The average molecular weight is 469 g/mol. The molecule has 2 aromatic rings. The van der Waals surface area contributed by atoms with E-state index in [0.717, 1.165) is 29.0 Å². The highest BCUT2D eigenvalue weighted by Gasteiger charge is 2.58. The summed E-state index contributed by atoms with van der Waals surface area (Å²) in [7, 11) is 1.19. The van der Waals surface area contributed by atoms with Gasteiger partial charge >= 0.3 is 6.18 Å². The molecule has 1 aliphatic rings. The lowest BCUT2D eigenvalue weighted by Crippen LogP contribution is -2.41. The smallest absolute Gasteiger partial charge is 0.380 e. The molecule has 0 radical (unpaired) electrons. The zero-order valence-corrected chi connectivity index (χ0v) is 17.1. The van der Waals surface area contributed by atoms with Crippen LogP contribution in [0, 0.1) is 28.4 Å². The van der Waals surface area contributed by atoms with Crippen LogP contribution < -0.4 is 5.32 Å². The van der Waals surface area contributed by atoms with Crippen LogP contribution in [0.15, 0.2) is 24.4 Å². The summed E-state index contributed by atoms with van der Waals surface area (Å²) in [5.74, 6) is -6.30. The molecule has 1 fully saturated rings. The third kappa shape index (κ3) is 4.49. The third-order valence-electron chi connectivity index (χ3n) is 5.38. The molecule has 33 heavy (non-hydrogen) atoms. The number of aryl methyl sites for hydroxylation is 1. The quantitative estimate of drug-likeness (QED) is 0.396. The Morgan fingerprint density at radius 1 is 1.27 bits per heavy atom. The third-order valence-corrected chi connectivity index (χ3v) is 5.38. The van der Waals surface area contributed by atoms with E-state index in [1.54, 1.807) is 6.07 Å². The van der Waals surface area contributed by atoms with Gasteiger partial charge in [0.05, 0.1) is 23.1 Å². The van der Waals surface area contributed by atoms with Gasteiger partial charge in [-0.15, -0.1) is 0 Å². The van der Waals surface area contributed by atoms with Crippen LogP contribution >= 0.6 is 0 Å². The molecular weight excluding hydrogens is 453 g/mol. The van der Waals surface area contributed by atoms with Gasteiger partial charge in [0.15, 0.2) is 5.82 Å². The van der Waals surface area contributed by atoms with Crippen LogP contribution in [-0.4, -0.2) is 41.4 Å². The Hall–Kier alpha value is -3.59. The standard InChI is InChI=1S/C21H16F5N3O4/c1-29-9-13(18(31)15(30)7-20(21(24,25)26)4-5-33-10-20)16(23)17(29)19(32)28-12-2-3-14(22)11(6-12)8-27/h2-3,6,9H,4-5,7,10H2,1H3,(H,28,32). The number of nitrogens with one attached hydrogen (secondary N) is 1. The number of nitrogens with zero attached hydrogens (tertiary/aromatic N) is 2. The number of rotatable bonds is 6. The van der Waals surface area contributed by atoms with Crippen molar-refractivity contribution in [2.24, 2.45) is 12.5 Å². The lowest BCUT2D eigenvalue weighted by Gasteiger charge is -2.28. The van der Waals surface area contributed by atoms with Crippen LogP contribution in [0.1, 0.15) is 39.3 Å². The van der Waals surface area contributed by atoms with Crippen molar-refractivity contribution < 1.29 is 41.1 Å². The molecule has 1 saturated heterocycles. The number of ether oxygens (including phenoxy) is 1. The number of alkyl halides is 3. The number of carbonyl (C=O) groups is 3. The number of carbonyl (C=O) groups excluding carboxylic acids is 3. The molecule has 3 rings (SSSR count). The van der Waals surface area contributed by atoms with Gasteiger partial charge in [-0.3, -0.25) is 14.4 Å². The number of anilines is 1. The summed E-state index contributed by atoms with van der Waals surface area (Å²) in [6.07, 6.45) is -5.71. The van der Waals surface area contributed by atoms with Crippen molar-refractivity contribution in [3.63, 3.8) is 0 Å². The van der Waals surface area contributed by atoms with E-state index in [2.05, 4.69) is 5.32 Å². The van der Waals surface area contributed by atoms with E-state index in [1.165, 1.54) is 7.05 Å². The number of halogens is 5. The second-order valence-corrected chi connectivity index (χ2v) is 7.59. The fourth-order valence-electron chi connectivity index (χ4n) is 3.50. The molecule has 2 heterocycles. The molecule has 1 N–H and O–H groups in total. The van der Waals surface area contributed by atoms with Gasteiger partial charge in [-0.25, -0.2) is 8.78 Å². The van der Waals surface area contributed by atoms with Crippen LogP contribution in [0.3, 0.4) is 0 Å². The summed E-state index contributed by atoms with van der Waals surface area (Å²) in [5, 5.41) is 11.1. The molecule has 1 amide bonds. The number of amides is 1. The lowest BCUT2D eigenvalue weighted by molar-refractivity contribution is -0.224. The van der Waals surface area contributed by atoms with Gasteiger partial charge < -0.3 is 14.6 Å². The number of benzene rings is 1. The molecule has 0 aliphatic carbocycles. The van der Waals surface area contributed by atoms with E-state index >= 15 is 0 Å². The zero-order valence-electron chi connectivity index (χ0n) is 17.1. The fraction of sp³-hybridized carbons (Fsp3) is 0.333. The maximum absolute atomic E-state index is 14.9. The Balaban J connectivity index is 1.83. The second kappa shape index (κ2) is 8.74. The Morgan fingerprint density at radius 3 is 2.55 bits per heavy atom. The van der Waals surface area contributed by atoms with E-state index in [9.17, 15) is 36.3 Å². The molecule has 174 valence electrons. The maximum atomic E-state index is 14.9. The molecule has 1 aliphatic heterocycles. The van der Waals surface area contributed by atoms with Crippen molar-refractivity contribution in [2.45, 2.75) is 19.0 Å². The number of hydrogen-bond donors (Lipinski definition) is 1. The van der Waals surface area contributed by atoms with Gasteiger partial charge in [0, 0.05) is 32.0 Å². The van der Waals surface area contributed by atoms with Crippen molar-refractivity contribution >= 4 is 23.2 Å². The van der Waals surface area contributed by atoms with Gasteiger partial charge in [-0.05, 0) is 24.6 Å². The summed E-state index contributed by atoms with van der Waals surface area (Å²) in [6.45, 7) is -1.02. The van der Waals surface area contributed by atoms with Crippen LogP contribution in [-0.2, 0) is 16.6 Å². The number of aromatic nitrogens is 1. The van der Waals surface area contributed by atoms with E-state index < -0.39 is 71.4 Å². The van der Waals surface area contributed by atoms with Crippen molar-refractivity contribution in [2.75, 3.05) is 18.5 Å². The monoisotopic (exact) mass is 469 g/mol. The van der Waals surface area contributed by atoms with Crippen molar-refractivity contribution in [3.8, 4) is 6.07 Å². The van der Waals surface area contributed by atoms with Gasteiger partial charge in [-0.1, -0.05) is 0 Å². The molecule has 1 unspecified atom stereocenters. The van der Waals surface area contributed by atoms with Crippen molar-refractivity contribution in [1.82, 2.24) is 4.57 Å². The van der Waals surface area contributed by atoms with Gasteiger partial charge in [0.2, 0.25) is 11.6 Å². The normalized spacial score (nSPS) is 18.1. The molecular formula is C21H16F5N3O4. The van der Waals surface area contributed by atoms with Crippen LogP contribution in [0.2, 0.25) is 0 Å². The summed E-state index contributed by atoms with van der Waals surface area (Å²) in [6, 6.07) is 4.60. The minimum atomic E-state index is -4.81. The molecule has 0 saturated carbocycles. The van der Waals surface area contributed by atoms with Crippen LogP contribution in [0.4, 0.5) is 27.6 Å². The first-order chi connectivity index (χ1) is 15.4. The summed E-state index contributed by atoms with van der Waals surface area (Å²) in [5.41, 5.74) is -4.51. The van der Waals surface area contributed by atoms with E-state index in [1.807, 2.05) is 0 Å². The second-order valence-electron chi connectivity index (χ2n) is 7.59. The summed E-state index contributed by atoms with van der Waals surface area (Å²) in [4.78, 5) is 37.3. The largest absolute Gasteiger partial charge is 0.397 e. The van der Waals surface area contributed by atoms with Gasteiger partial charge in [0.1, 0.15) is 17.6 Å². The minimum absolute atomic E-state index is 0.0455. The maximum Gasteiger partial charge on any atom is 0.397 e. The van der Waals surface area contributed by atoms with Crippen LogP contribution in [0.25, 0.3) is 0 Å². The fourth-order valence-corrected chi connectivity index (χ4v) is 3.50. The Morgan fingerprint density at radius 2 is 1.97 bits per heavy atom. The van der Waals surface area contributed by atoms with Crippen LogP contribution in [0.5, 0.6) is 0 Å². The Bertz CT molecular complexity index is 1170. The summed E-state index contributed by atoms with van der Waals surface area (Å²) < 4.78 is 74.4. The highest BCUT2D eigenvalue weighted by atomic mass is 19.4. The van der Waals surface area contributed by atoms with Crippen molar-refractivity contribution in [3.05, 3.63) is 52.9 Å². The van der Waals surface area contributed by atoms with Gasteiger partial charge in [-0.2, -0.15) is 18.4 Å². The summed E-state index contributed by atoms with van der Waals surface area (Å²) >= 11 is 0. The van der Waals surface area contributed by atoms with Crippen molar-refractivity contribution in [1.29, 1.82) is 5.26 Å². The average Bonchev–Trinajstić information content (AvgIpc) is 3.33. The molecule has 0 spiro atoms. The molecule has 7 nitrogen and oxygen atoms in total. The topological polar surface area (TPSA) is 101 Å². The molecule has 1 aromatic heterocycles.